The highest BCUT2D eigenvalue weighted by molar-refractivity contribution is 8.13. The second kappa shape index (κ2) is 4.43. The van der Waals surface area contributed by atoms with Crippen molar-refractivity contribution in [1.82, 2.24) is 0 Å². The molecule has 0 aromatic heterocycles. The summed E-state index contributed by atoms with van der Waals surface area (Å²) in [5.74, 6) is -1.44. The normalized spacial score (nSPS) is 11.4. The van der Waals surface area contributed by atoms with Crippen LogP contribution in [0.3, 0.4) is 0 Å². The van der Waals surface area contributed by atoms with Gasteiger partial charge in [-0.05, 0) is 36.6 Å². The van der Waals surface area contributed by atoms with E-state index in [1.165, 1.54) is 6.07 Å². The molecular formula is C10H11ClO4S. The standard InChI is InChI=1S/C10H11ClO4S/c1-6-3-8(5-16(11,14)15)4-9(7(6)2)10(12)13/h3-4H,5H2,1-2H3,(H,12,13). The molecule has 0 unspecified atom stereocenters. The number of hydrogen-bond donors (Lipinski definition) is 1. The summed E-state index contributed by atoms with van der Waals surface area (Å²) < 4.78 is 21.8. The summed E-state index contributed by atoms with van der Waals surface area (Å²) in [7, 11) is 1.45. The average Bonchev–Trinajstić information content (AvgIpc) is 2.07. The molecule has 0 aliphatic rings. The van der Waals surface area contributed by atoms with Gasteiger partial charge in [0.1, 0.15) is 0 Å². The first kappa shape index (κ1) is 13.0. The fourth-order valence-electron chi connectivity index (χ4n) is 1.44. The van der Waals surface area contributed by atoms with Crippen molar-refractivity contribution in [3.05, 3.63) is 34.4 Å². The van der Waals surface area contributed by atoms with Gasteiger partial charge in [-0.25, -0.2) is 13.2 Å². The maximum atomic E-state index is 10.9. The summed E-state index contributed by atoms with van der Waals surface area (Å²) in [5.41, 5.74) is 1.85. The Balaban J connectivity index is 3.30. The summed E-state index contributed by atoms with van der Waals surface area (Å²) in [4.78, 5) is 10.9. The molecule has 1 aromatic rings. The lowest BCUT2D eigenvalue weighted by Crippen LogP contribution is -2.05. The van der Waals surface area contributed by atoms with Gasteiger partial charge in [0, 0.05) is 10.7 Å². The first-order valence-corrected chi connectivity index (χ1v) is 6.94. The zero-order valence-electron chi connectivity index (χ0n) is 8.82. The van der Waals surface area contributed by atoms with Crippen LogP contribution >= 0.6 is 10.7 Å². The minimum Gasteiger partial charge on any atom is -0.478 e. The molecule has 0 aliphatic carbocycles. The van der Waals surface area contributed by atoms with Crippen molar-refractivity contribution >= 4 is 25.7 Å². The van der Waals surface area contributed by atoms with Gasteiger partial charge in [0.2, 0.25) is 9.05 Å². The number of carboxylic acid groups (broad SMARTS) is 1. The van der Waals surface area contributed by atoms with E-state index in [9.17, 15) is 13.2 Å². The van der Waals surface area contributed by atoms with Gasteiger partial charge in [0.25, 0.3) is 0 Å². The topological polar surface area (TPSA) is 71.4 Å². The molecule has 0 heterocycles. The first-order valence-electron chi connectivity index (χ1n) is 4.46. The molecule has 0 aliphatic heterocycles. The van der Waals surface area contributed by atoms with Crippen LogP contribution in [0.1, 0.15) is 27.0 Å². The maximum absolute atomic E-state index is 10.9. The molecule has 0 bridgehead atoms. The smallest absolute Gasteiger partial charge is 0.335 e. The van der Waals surface area contributed by atoms with E-state index in [4.69, 9.17) is 15.8 Å². The number of rotatable bonds is 3. The molecule has 1 rings (SSSR count). The van der Waals surface area contributed by atoms with Crippen LogP contribution in [0.25, 0.3) is 0 Å². The largest absolute Gasteiger partial charge is 0.478 e. The highest BCUT2D eigenvalue weighted by atomic mass is 35.7. The van der Waals surface area contributed by atoms with E-state index >= 15 is 0 Å². The van der Waals surface area contributed by atoms with Crippen LogP contribution in [-0.4, -0.2) is 19.5 Å². The van der Waals surface area contributed by atoms with Gasteiger partial charge >= 0.3 is 5.97 Å². The third-order valence-electron chi connectivity index (χ3n) is 2.30. The van der Waals surface area contributed by atoms with Gasteiger partial charge in [0.05, 0.1) is 11.3 Å². The number of carbonyl (C=O) groups is 1. The Kier molecular flexibility index (Phi) is 3.60. The highest BCUT2D eigenvalue weighted by Gasteiger charge is 2.14. The molecule has 0 spiro atoms. The van der Waals surface area contributed by atoms with Gasteiger partial charge < -0.3 is 5.11 Å². The van der Waals surface area contributed by atoms with Crippen LogP contribution in [0.4, 0.5) is 0 Å². The number of carboxylic acids is 1. The van der Waals surface area contributed by atoms with E-state index in [2.05, 4.69) is 0 Å². The van der Waals surface area contributed by atoms with Crippen LogP contribution in [0.2, 0.25) is 0 Å². The summed E-state index contributed by atoms with van der Waals surface area (Å²) >= 11 is 0. The molecule has 0 fully saturated rings. The molecule has 16 heavy (non-hydrogen) atoms. The summed E-state index contributed by atoms with van der Waals surface area (Å²) in [6.07, 6.45) is 0. The van der Waals surface area contributed by atoms with Crippen molar-refractivity contribution in [2.45, 2.75) is 19.6 Å². The molecule has 0 amide bonds. The molecule has 6 heteroatoms. The summed E-state index contributed by atoms with van der Waals surface area (Å²) in [5, 5.41) is 8.93. The number of halogens is 1. The molecule has 88 valence electrons. The lowest BCUT2D eigenvalue weighted by atomic mass is 10.0. The molecule has 0 saturated heterocycles. The predicted octanol–water partition coefficient (Wildman–Crippen LogP) is 2.07. The fraction of sp³-hybridized carbons (Fsp3) is 0.300. The zero-order chi connectivity index (χ0) is 12.5. The number of benzene rings is 1. The van der Waals surface area contributed by atoms with Gasteiger partial charge in [-0.1, -0.05) is 6.07 Å². The maximum Gasteiger partial charge on any atom is 0.335 e. The Morgan fingerprint density at radius 1 is 1.38 bits per heavy atom. The summed E-state index contributed by atoms with van der Waals surface area (Å²) in [6.45, 7) is 3.41. The van der Waals surface area contributed by atoms with Crippen molar-refractivity contribution in [2.75, 3.05) is 0 Å². The van der Waals surface area contributed by atoms with Crippen molar-refractivity contribution in [2.24, 2.45) is 0 Å². The van der Waals surface area contributed by atoms with Crippen LogP contribution in [0.15, 0.2) is 12.1 Å². The second-order valence-corrected chi connectivity index (χ2v) is 6.35. The predicted molar refractivity (Wildman–Crippen MR) is 61.4 cm³/mol. The van der Waals surface area contributed by atoms with E-state index in [1.54, 1.807) is 19.9 Å². The van der Waals surface area contributed by atoms with Crippen molar-refractivity contribution < 1.29 is 18.3 Å². The van der Waals surface area contributed by atoms with Crippen molar-refractivity contribution in [1.29, 1.82) is 0 Å². The monoisotopic (exact) mass is 262 g/mol. The lowest BCUT2D eigenvalue weighted by molar-refractivity contribution is 0.0696. The highest BCUT2D eigenvalue weighted by Crippen LogP contribution is 2.19. The average molecular weight is 263 g/mol. The van der Waals surface area contributed by atoms with Crippen molar-refractivity contribution in [3.63, 3.8) is 0 Å². The molecule has 4 nitrogen and oxygen atoms in total. The van der Waals surface area contributed by atoms with E-state index in [0.29, 0.717) is 11.1 Å². The number of hydrogen-bond acceptors (Lipinski definition) is 3. The molecule has 1 aromatic carbocycles. The van der Waals surface area contributed by atoms with Crippen LogP contribution in [0, 0.1) is 13.8 Å². The number of aromatic carboxylic acids is 1. The molecule has 1 N–H and O–H groups in total. The van der Waals surface area contributed by atoms with Crippen molar-refractivity contribution in [3.8, 4) is 0 Å². The van der Waals surface area contributed by atoms with Gasteiger partial charge in [-0.3, -0.25) is 0 Å². The minimum absolute atomic E-state index is 0.107. The van der Waals surface area contributed by atoms with E-state index in [-0.39, 0.29) is 11.3 Å². The Hall–Kier alpha value is -1.07. The Labute approximate surface area is 98.3 Å². The Bertz CT molecular complexity index is 534. The third kappa shape index (κ3) is 3.21. The van der Waals surface area contributed by atoms with Crippen LogP contribution < -0.4 is 0 Å². The number of aryl methyl sites for hydroxylation is 1. The molecule has 0 atom stereocenters. The second-order valence-electron chi connectivity index (χ2n) is 3.57. The van der Waals surface area contributed by atoms with E-state index in [0.717, 1.165) is 5.56 Å². The molecular weight excluding hydrogens is 252 g/mol. The van der Waals surface area contributed by atoms with Gasteiger partial charge in [-0.2, -0.15) is 0 Å². The molecule has 0 saturated carbocycles. The van der Waals surface area contributed by atoms with Gasteiger partial charge in [0.15, 0.2) is 0 Å². The Morgan fingerprint density at radius 3 is 2.38 bits per heavy atom. The van der Waals surface area contributed by atoms with Crippen LogP contribution in [0.5, 0.6) is 0 Å². The van der Waals surface area contributed by atoms with Gasteiger partial charge in [-0.15, -0.1) is 0 Å². The minimum atomic E-state index is -3.67. The fourth-order valence-corrected chi connectivity index (χ4v) is 2.38. The van der Waals surface area contributed by atoms with E-state index < -0.39 is 15.0 Å². The third-order valence-corrected chi connectivity index (χ3v) is 3.30. The molecule has 0 radical (unpaired) electrons. The lowest BCUT2D eigenvalue weighted by Gasteiger charge is -2.08. The SMILES string of the molecule is Cc1cc(CS(=O)(=O)Cl)cc(C(=O)O)c1C. The van der Waals surface area contributed by atoms with Crippen LogP contribution in [-0.2, 0) is 14.8 Å². The first-order chi connectivity index (χ1) is 7.20. The zero-order valence-corrected chi connectivity index (χ0v) is 10.4. The quantitative estimate of drug-likeness (QED) is 0.847. The van der Waals surface area contributed by atoms with E-state index in [1.807, 2.05) is 0 Å². The Morgan fingerprint density at radius 2 is 1.94 bits per heavy atom. The summed E-state index contributed by atoms with van der Waals surface area (Å²) in [6, 6.07) is 2.96.